The van der Waals surface area contributed by atoms with Crippen LogP contribution in [0.15, 0.2) is 47.7 Å². The van der Waals surface area contributed by atoms with Crippen molar-refractivity contribution in [3.63, 3.8) is 0 Å². The van der Waals surface area contributed by atoms with Gasteiger partial charge in [-0.25, -0.2) is 0 Å². The highest BCUT2D eigenvalue weighted by molar-refractivity contribution is 5.80. The second-order valence-corrected chi connectivity index (χ2v) is 8.38. The van der Waals surface area contributed by atoms with Gasteiger partial charge in [-0.05, 0) is 36.3 Å². The predicted octanol–water partition coefficient (Wildman–Crippen LogP) is 3.44. The van der Waals surface area contributed by atoms with Gasteiger partial charge in [-0.1, -0.05) is 44.2 Å². The average molecular weight is 368 g/mol. The van der Waals surface area contributed by atoms with Gasteiger partial charge >= 0.3 is 0 Å². The molecule has 1 aromatic heterocycles. The van der Waals surface area contributed by atoms with Crippen LogP contribution < -0.4 is 5.32 Å². The largest absolute Gasteiger partial charge is 0.357 e. The average Bonchev–Trinajstić information content (AvgIpc) is 3.28. The molecule has 1 fully saturated rings. The monoisotopic (exact) mass is 367 g/mol. The lowest BCUT2D eigenvalue weighted by Crippen LogP contribution is -2.40. The number of nitrogens with one attached hydrogen (secondary N) is 1. The molecule has 0 aliphatic carbocycles. The summed E-state index contributed by atoms with van der Waals surface area (Å²) in [5.41, 5.74) is 2.84. The van der Waals surface area contributed by atoms with Crippen molar-refractivity contribution in [3.05, 3.63) is 53.9 Å². The smallest absolute Gasteiger partial charge is 0.193 e. The van der Waals surface area contributed by atoms with E-state index in [2.05, 4.69) is 72.6 Å². The van der Waals surface area contributed by atoms with E-state index < -0.39 is 0 Å². The fourth-order valence-corrected chi connectivity index (χ4v) is 3.79. The maximum Gasteiger partial charge on any atom is 0.193 e. The van der Waals surface area contributed by atoms with Crippen molar-refractivity contribution >= 4 is 5.96 Å². The Kier molecular flexibility index (Phi) is 6.19. The lowest BCUT2D eigenvalue weighted by molar-refractivity contribution is 0.372. The van der Waals surface area contributed by atoms with Gasteiger partial charge in [0.15, 0.2) is 5.96 Å². The minimum Gasteiger partial charge on any atom is -0.357 e. The molecule has 1 aliphatic rings. The van der Waals surface area contributed by atoms with Gasteiger partial charge in [0, 0.05) is 45.3 Å². The maximum absolute atomic E-state index is 5.01. The van der Waals surface area contributed by atoms with Gasteiger partial charge in [-0.15, -0.1) is 0 Å². The van der Waals surface area contributed by atoms with Crippen LogP contribution in [-0.4, -0.2) is 46.8 Å². The summed E-state index contributed by atoms with van der Waals surface area (Å²) >= 11 is 0. The van der Waals surface area contributed by atoms with E-state index in [-0.39, 0.29) is 5.41 Å². The maximum atomic E-state index is 5.01. The standard InChI is InChI=1S/C22H33N5/c1-5-23-21(24-17-22(2,3)13-18-9-7-6-8-10-18)27-12-11-19(16-27)20-14-25-26(4)15-20/h6-10,14-15,19H,5,11-13,16-17H2,1-4H3,(H,23,24). The highest BCUT2D eigenvalue weighted by Gasteiger charge is 2.27. The zero-order chi connectivity index (χ0) is 19.3. The van der Waals surface area contributed by atoms with Crippen molar-refractivity contribution in [1.82, 2.24) is 20.0 Å². The van der Waals surface area contributed by atoms with Crippen LogP contribution in [0.4, 0.5) is 0 Å². The second-order valence-electron chi connectivity index (χ2n) is 8.38. The van der Waals surface area contributed by atoms with Gasteiger partial charge in [0.2, 0.25) is 0 Å². The first-order valence-electron chi connectivity index (χ1n) is 10.0. The van der Waals surface area contributed by atoms with Gasteiger partial charge in [-0.2, -0.15) is 5.10 Å². The molecule has 2 heterocycles. The molecule has 1 saturated heterocycles. The van der Waals surface area contributed by atoms with Gasteiger partial charge in [0.1, 0.15) is 0 Å². The first-order chi connectivity index (χ1) is 13.0. The Bertz CT molecular complexity index is 747. The lowest BCUT2D eigenvalue weighted by Gasteiger charge is -2.26. The molecule has 0 spiro atoms. The van der Waals surface area contributed by atoms with E-state index in [1.807, 2.05) is 17.9 Å². The molecule has 5 heteroatoms. The van der Waals surface area contributed by atoms with Crippen LogP contribution in [0.3, 0.4) is 0 Å². The number of guanidine groups is 1. The Morgan fingerprint density at radius 1 is 1.30 bits per heavy atom. The third kappa shape index (κ3) is 5.34. The molecule has 0 radical (unpaired) electrons. The molecule has 2 aromatic rings. The van der Waals surface area contributed by atoms with Crippen LogP contribution in [0.25, 0.3) is 0 Å². The number of aliphatic imine (C=N–C) groups is 1. The Hall–Kier alpha value is -2.30. The van der Waals surface area contributed by atoms with E-state index in [0.717, 1.165) is 45.0 Å². The van der Waals surface area contributed by atoms with E-state index in [1.165, 1.54) is 11.1 Å². The van der Waals surface area contributed by atoms with Crippen molar-refractivity contribution in [2.24, 2.45) is 17.5 Å². The normalized spacial score (nSPS) is 18.1. The molecule has 1 N–H and O–H groups in total. The summed E-state index contributed by atoms with van der Waals surface area (Å²) in [4.78, 5) is 7.41. The molecule has 146 valence electrons. The molecule has 3 rings (SSSR count). The van der Waals surface area contributed by atoms with Gasteiger partial charge < -0.3 is 10.2 Å². The van der Waals surface area contributed by atoms with E-state index >= 15 is 0 Å². The summed E-state index contributed by atoms with van der Waals surface area (Å²) in [7, 11) is 1.98. The third-order valence-electron chi connectivity index (χ3n) is 5.20. The molecular weight excluding hydrogens is 334 g/mol. The number of rotatable bonds is 6. The third-order valence-corrected chi connectivity index (χ3v) is 5.20. The molecule has 0 saturated carbocycles. The summed E-state index contributed by atoms with van der Waals surface area (Å²) in [6.07, 6.45) is 6.33. The van der Waals surface area contributed by atoms with Gasteiger partial charge in [-0.3, -0.25) is 9.67 Å². The van der Waals surface area contributed by atoms with Gasteiger partial charge in [0.05, 0.1) is 6.20 Å². The Balaban J connectivity index is 1.64. The Labute approximate surface area is 163 Å². The van der Waals surface area contributed by atoms with Crippen molar-refractivity contribution in [2.45, 2.75) is 39.5 Å². The van der Waals surface area contributed by atoms with E-state index in [1.54, 1.807) is 0 Å². The molecule has 1 unspecified atom stereocenters. The Morgan fingerprint density at radius 3 is 2.74 bits per heavy atom. The first-order valence-corrected chi connectivity index (χ1v) is 10.0. The molecule has 0 amide bonds. The quantitative estimate of drug-likeness (QED) is 0.628. The molecule has 1 atom stereocenters. The van der Waals surface area contributed by atoms with Crippen molar-refractivity contribution in [1.29, 1.82) is 0 Å². The van der Waals surface area contributed by atoms with Crippen molar-refractivity contribution in [3.8, 4) is 0 Å². The van der Waals surface area contributed by atoms with Crippen LogP contribution in [0.5, 0.6) is 0 Å². The minimum atomic E-state index is 0.129. The summed E-state index contributed by atoms with van der Waals surface area (Å²) in [6.45, 7) is 10.5. The Morgan fingerprint density at radius 2 is 2.07 bits per heavy atom. The van der Waals surface area contributed by atoms with E-state index in [9.17, 15) is 0 Å². The molecule has 1 aliphatic heterocycles. The summed E-state index contributed by atoms with van der Waals surface area (Å²) < 4.78 is 1.89. The zero-order valence-corrected chi connectivity index (χ0v) is 17.2. The SMILES string of the molecule is CCNC(=NCC(C)(C)Cc1ccccc1)N1CCC(c2cnn(C)c2)C1. The van der Waals surface area contributed by atoms with Crippen LogP contribution >= 0.6 is 0 Å². The molecule has 0 bridgehead atoms. The number of hydrogen-bond acceptors (Lipinski definition) is 2. The summed E-state index contributed by atoms with van der Waals surface area (Å²) in [6, 6.07) is 10.7. The minimum absolute atomic E-state index is 0.129. The van der Waals surface area contributed by atoms with Crippen molar-refractivity contribution in [2.75, 3.05) is 26.2 Å². The molecule has 1 aromatic carbocycles. The number of nitrogens with zero attached hydrogens (tertiary/aromatic N) is 4. The van der Waals surface area contributed by atoms with E-state index in [4.69, 9.17) is 4.99 Å². The number of benzene rings is 1. The fourth-order valence-electron chi connectivity index (χ4n) is 3.79. The second kappa shape index (κ2) is 8.59. The number of aromatic nitrogens is 2. The van der Waals surface area contributed by atoms with Crippen LogP contribution in [0.2, 0.25) is 0 Å². The van der Waals surface area contributed by atoms with Crippen LogP contribution in [0.1, 0.15) is 44.2 Å². The van der Waals surface area contributed by atoms with Crippen molar-refractivity contribution < 1.29 is 0 Å². The molecular formula is C22H33N5. The summed E-state index contributed by atoms with van der Waals surface area (Å²) in [5.74, 6) is 1.59. The number of likely N-dealkylation sites (tertiary alicyclic amines) is 1. The molecule has 5 nitrogen and oxygen atoms in total. The number of aryl methyl sites for hydroxylation is 1. The predicted molar refractivity (Wildman–Crippen MR) is 112 cm³/mol. The summed E-state index contributed by atoms with van der Waals surface area (Å²) in [5, 5.41) is 7.82. The first kappa shape index (κ1) is 19.5. The zero-order valence-electron chi connectivity index (χ0n) is 17.2. The van der Waals surface area contributed by atoms with Crippen LogP contribution in [0, 0.1) is 5.41 Å². The number of hydrogen-bond donors (Lipinski definition) is 1. The highest BCUT2D eigenvalue weighted by Crippen LogP contribution is 2.27. The van der Waals surface area contributed by atoms with Crippen LogP contribution in [-0.2, 0) is 13.5 Å². The lowest BCUT2D eigenvalue weighted by atomic mass is 9.86. The van der Waals surface area contributed by atoms with Gasteiger partial charge in [0.25, 0.3) is 0 Å². The fraction of sp³-hybridized carbons (Fsp3) is 0.545. The molecule has 27 heavy (non-hydrogen) atoms. The topological polar surface area (TPSA) is 45.5 Å². The highest BCUT2D eigenvalue weighted by atomic mass is 15.3. The van der Waals surface area contributed by atoms with E-state index in [0.29, 0.717) is 5.92 Å².